The molecule has 0 aliphatic heterocycles. The van der Waals surface area contributed by atoms with Crippen molar-refractivity contribution in [2.24, 2.45) is 0 Å². The molecule has 1 unspecified atom stereocenters. The molecule has 0 aromatic rings. The van der Waals surface area contributed by atoms with Gasteiger partial charge in [-0.25, -0.2) is 0 Å². The Balaban J connectivity index is 2.92. The number of unbranched alkanes of at least 4 members (excludes halogenated alkanes) is 1. The van der Waals surface area contributed by atoms with E-state index < -0.39 is 0 Å². The van der Waals surface area contributed by atoms with Crippen molar-refractivity contribution in [3.05, 3.63) is 0 Å². The first-order chi connectivity index (χ1) is 9.77. The molecule has 0 aliphatic rings. The maximum atomic E-state index is 9.08. The van der Waals surface area contributed by atoms with Crippen LogP contribution in [0, 0.1) is 0 Å². The summed E-state index contributed by atoms with van der Waals surface area (Å²) in [4.78, 5) is 0. The largest absolute Gasteiger partial charge is 0.393 e. The zero-order valence-electron chi connectivity index (χ0n) is 13.2. The second kappa shape index (κ2) is 16.9. The van der Waals surface area contributed by atoms with E-state index in [2.05, 4.69) is 12.2 Å². The van der Waals surface area contributed by atoms with E-state index in [4.69, 9.17) is 19.3 Å². The van der Waals surface area contributed by atoms with Gasteiger partial charge in [-0.05, 0) is 32.7 Å². The molecule has 2 N–H and O–H groups in total. The molecule has 0 fully saturated rings. The molecular weight excluding hydrogens is 258 g/mol. The molecule has 5 nitrogen and oxygen atoms in total. The topological polar surface area (TPSA) is 60.0 Å². The van der Waals surface area contributed by atoms with E-state index in [1.807, 2.05) is 6.92 Å². The fourth-order valence-electron chi connectivity index (χ4n) is 1.58. The van der Waals surface area contributed by atoms with E-state index in [1.165, 1.54) is 6.42 Å². The molecule has 0 saturated heterocycles. The van der Waals surface area contributed by atoms with Gasteiger partial charge >= 0.3 is 0 Å². The fraction of sp³-hybridized carbons (Fsp3) is 1.00. The molecule has 0 spiro atoms. The van der Waals surface area contributed by atoms with Gasteiger partial charge in [0.05, 0.1) is 39.1 Å². The van der Waals surface area contributed by atoms with Gasteiger partial charge in [-0.3, -0.25) is 0 Å². The SMILES string of the molecule is CCCCOCCOCCOCCNCCCC(C)O. The Labute approximate surface area is 124 Å². The fourth-order valence-corrected chi connectivity index (χ4v) is 1.58. The van der Waals surface area contributed by atoms with Gasteiger partial charge in [0.25, 0.3) is 0 Å². The van der Waals surface area contributed by atoms with Crippen LogP contribution in [0.15, 0.2) is 0 Å². The van der Waals surface area contributed by atoms with Gasteiger partial charge in [0.1, 0.15) is 0 Å². The molecule has 0 heterocycles. The smallest absolute Gasteiger partial charge is 0.0701 e. The van der Waals surface area contributed by atoms with Crippen LogP contribution in [0.4, 0.5) is 0 Å². The first-order valence-electron chi connectivity index (χ1n) is 7.89. The summed E-state index contributed by atoms with van der Waals surface area (Å²) in [5.41, 5.74) is 0. The van der Waals surface area contributed by atoms with Crippen LogP contribution in [0.25, 0.3) is 0 Å². The van der Waals surface area contributed by atoms with Crippen molar-refractivity contribution in [3.8, 4) is 0 Å². The lowest BCUT2D eigenvalue weighted by atomic mass is 10.2. The Bertz CT molecular complexity index is 179. The molecule has 0 radical (unpaired) electrons. The predicted octanol–water partition coefficient (Wildman–Crippen LogP) is 1.59. The van der Waals surface area contributed by atoms with E-state index >= 15 is 0 Å². The second-order valence-corrected chi connectivity index (χ2v) is 4.93. The maximum absolute atomic E-state index is 9.08. The van der Waals surface area contributed by atoms with E-state index in [1.54, 1.807) is 0 Å². The third kappa shape index (κ3) is 17.8. The number of nitrogens with one attached hydrogen (secondary N) is 1. The van der Waals surface area contributed by atoms with Gasteiger partial charge in [0.2, 0.25) is 0 Å². The third-order valence-corrected chi connectivity index (χ3v) is 2.78. The van der Waals surface area contributed by atoms with E-state index in [-0.39, 0.29) is 6.10 Å². The van der Waals surface area contributed by atoms with Crippen molar-refractivity contribution >= 4 is 0 Å². The van der Waals surface area contributed by atoms with Crippen molar-refractivity contribution in [2.45, 2.75) is 45.6 Å². The minimum atomic E-state index is -0.198. The highest BCUT2D eigenvalue weighted by Crippen LogP contribution is 1.93. The molecule has 0 amide bonds. The van der Waals surface area contributed by atoms with E-state index in [9.17, 15) is 0 Å². The number of hydrogen-bond acceptors (Lipinski definition) is 5. The van der Waals surface area contributed by atoms with Crippen LogP contribution in [-0.4, -0.2) is 63.9 Å². The predicted molar refractivity (Wildman–Crippen MR) is 81.1 cm³/mol. The number of aliphatic hydroxyl groups excluding tert-OH is 1. The van der Waals surface area contributed by atoms with Gasteiger partial charge in [-0.2, -0.15) is 0 Å². The summed E-state index contributed by atoms with van der Waals surface area (Å²) < 4.78 is 16.2. The zero-order chi connectivity index (χ0) is 14.9. The van der Waals surface area contributed by atoms with Gasteiger partial charge in [-0.15, -0.1) is 0 Å². The van der Waals surface area contributed by atoms with Crippen LogP contribution in [0.5, 0.6) is 0 Å². The number of rotatable bonds is 16. The zero-order valence-corrected chi connectivity index (χ0v) is 13.2. The highest BCUT2D eigenvalue weighted by atomic mass is 16.5. The molecule has 0 rings (SSSR count). The Hall–Kier alpha value is -0.200. The van der Waals surface area contributed by atoms with Gasteiger partial charge in [-0.1, -0.05) is 13.3 Å². The monoisotopic (exact) mass is 291 g/mol. The molecule has 0 aromatic heterocycles. The second-order valence-electron chi connectivity index (χ2n) is 4.93. The molecular formula is C15H33NO4. The number of hydrogen-bond donors (Lipinski definition) is 2. The molecule has 0 saturated carbocycles. The van der Waals surface area contributed by atoms with Crippen LogP contribution in [0.1, 0.15) is 39.5 Å². The minimum absolute atomic E-state index is 0.198. The lowest BCUT2D eigenvalue weighted by molar-refractivity contribution is 0.0146. The van der Waals surface area contributed by atoms with Crippen molar-refractivity contribution in [1.82, 2.24) is 5.32 Å². The molecule has 20 heavy (non-hydrogen) atoms. The van der Waals surface area contributed by atoms with Gasteiger partial charge < -0.3 is 24.6 Å². The Morgan fingerprint density at radius 2 is 1.45 bits per heavy atom. The summed E-state index contributed by atoms with van der Waals surface area (Å²) in [7, 11) is 0. The minimum Gasteiger partial charge on any atom is -0.393 e. The summed E-state index contributed by atoms with van der Waals surface area (Å²) in [6.45, 7) is 9.85. The van der Waals surface area contributed by atoms with Gasteiger partial charge in [0.15, 0.2) is 0 Å². The van der Waals surface area contributed by atoms with Crippen LogP contribution >= 0.6 is 0 Å². The first kappa shape index (κ1) is 19.8. The summed E-state index contributed by atoms with van der Waals surface area (Å²) in [6.07, 6.45) is 3.94. The quantitative estimate of drug-likeness (QED) is 0.423. The van der Waals surface area contributed by atoms with Crippen molar-refractivity contribution in [3.63, 3.8) is 0 Å². The highest BCUT2D eigenvalue weighted by molar-refractivity contribution is 4.51. The van der Waals surface area contributed by atoms with Crippen LogP contribution in [-0.2, 0) is 14.2 Å². The average Bonchev–Trinajstić information content (AvgIpc) is 2.43. The van der Waals surface area contributed by atoms with Crippen LogP contribution in [0.2, 0.25) is 0 Å². The number of ether oxygens (including phenoxy) is 3. The summed E-state index contributed by atoms with van der Waals surface area (Å²) in [5, 5.41) is 12.4. The summed E-state index contributed by atoms with van der Waals surface area (Å²) in [6, 6.07) is 0. The third-order valence-electron chi connectivity index (χ3n) is 2.78. The van der Waals surface area contributed by atoms with Crippen LogP contribution in [0.3, 0.4) is 0 Å². The Morgan fingerprint density at radius 1 is 0.850 bits per heavy atom. The summed E-state index contributed by atoms with van der Waals surface area (Å²) >= 11 is 0. The van der Waals surface area contributed by atoms with Crippen molar-refractivity contribution in [1.29, 1.82) is 0 Å². The number of aliphatic hydroxyl groups is 1. The van der Waals surface area contributed by atoms with Crippen molar-refractivity contribution < 1.29 is 19.3 Å². The Kier molecular flexibility index (Phi) is 16.7. The molecule has 122 valence electrons. The normalized spacial score (nSPS) is 12.8. The Morgan fingerprint density at radius 3 is 2.05 bits per heavy atom. The van der Waals surface area contributed by atoms with E-state index in [0.717, 1.165) is 39.0 Å². The molecule has 1 atom stereocenters. The van der Waals surface area contributed by atoms with Gasteiger partial charge in [0, 0.05) is 13.2 Å². The van der Waals surface area contributed by atoms with Crippen LogP contribution < -0.4 is 5.32 Å². The highest BCUT2D eigenvalue weighted by Gasteiger charge is 1.95. The van der Waals surface area contributed by atoms with Crippen molar-refractivity contribution in [2.75, 3.05) is 52.7 Å². The average molecular weight is 291 g/mol. The maximum Gasteiger partial charge on any atom is 0.0701 e. The van der Waals surface area contributed by atoms with E-state index in [0.29, 0.717) is 33.0 Å². The standard InChI is InChI=1S/C15H33NO4/c1-3-4-9-18-11-13-20-14-12-19-10-8-16-7-5-6-15(2)17/h15-17H,3-14H2,1-2H3. The lowest BCUT2D eigenvalue weighted by Crippen LogP contribution is -2.22. The molecule has 0 bridgehead atoms. The molecule has 0 aliphatic carbocycles. The molecule has 5 heteroatoms. The summed E-state index contributed by atoms with van der Waals surface area (Å²) in [5.74, 6) is 0. The first-order valence-corrected chi connectivity index (χ1v) is 7.89. The molecule has 0 aromatic carbocycles. The lowest BCUT2D eigenvalue weighted by Gasteiger charge is -2.08.